The summed E-state index contributed by atoms with van der Waals surface area (Å²) in [6, 6.07) is 26.2. The number of hydrogen-bond acceptors (Lipinski definition) is 16. The number of unbranched alkanes of at least 4 members (excludes halogenated alkanes) is 4. The molecule has 3 N–H and O–H groups in total. The predicted octanol–water partition coefficient (Wildman–Crippen LogP) is 7.27. The Labute approximate surface area is 425 Å². The Morgan fingerprint density at radius 1 is 0.465 bits per heavy atom. The highest BCUT2D eigenvalue weighted by Gasteiger charge is 2.13. The SMILES string of the molecule is CO.Cc1ccc(S(=O)(=O)O)cc1.OCCCCCOCCOCCOCCOCCOCc1ccccc1.c1ccc(COCCOCCOCCOCCOCCCCCOC2CCCCO2)cc1. The summed E-state index contributed by atoms with van der Waals surface area (Å²) >= 11 is 0. The molecular formula is C53H88O17S. The highest BCUT2D eigenvalue weighted by molar-refractivity contribution is 7.85. The summed E-state index contributed by atoms with van der Waals surface area (Å²) < 4.78 is 95.7. The van der Waals surface area contributed by atoms with Gasteiger partial charge in [-0.05, 0) is 88.0 Å². The summed E-state index contributed by atoms with van der Waals surface area (Å²) in [5.41, 5.74) is 3.30. The molecule has 1 aliphatic heterocycles. The van der Waals surface area contributed by atoms with Gasteiger partial charge in [-0.3, -0.25) is 4.55 Å². The molecular weight excluding hydrogens is 941 g/mol. The first-order valence-electron chi connectivity index (χ1n) is 25.1. The maximum absolute atomic E-state index is 10.5. The molecule has 4 rings (SSSR count). The summed E-state index contributed by atoms with van der Waals surface area (Å²) in [7, 11) is -3.02. The van der Waals surface area contributed by atoms with Gasteiger partial charge in [-0.1, -0.05) is 78.4 Å². The van der Waals surface area contributed by atoms with Crippen molar-refractivity contribution >= 4 is 10.1 Å². The molecule has 1 atom stereocenters. The fourth-order valence-electron chi connectivity index (χ4n) is 6.03. The maximum Gasteiger partial charge on any atom is 0.294 e. The van der Waals surface area contributed by atoms with Gasteiger partial charge in [0, 0.05) is 40.1 Å². The largest absolute Gasteiger partial charge is 0.400 e. The van der Waals surface area contributed by atoms with Crippen molar-refractivity contribution in [1.82, 2.24) is 0 Å². The highest BCUT2D eigenvalue weighted by Crippen LogP contribution is 2.14. The first-order valence-corrected chi connectivity index (χ1v) is 26.5. The van der Waals surface area contributed by atoms with Crippen LogP contribution in [0.2, 0.25) is 0 Å². The van der Waals surface area contributed by atoms with Crippen LogP contribution in [0, 0.1) is 6.92 Å². The highest BCUT2D eigenvalue weighted by atomic mass is 32.2. The second-order valence-electron chi connectivity index (χ2n) is 15.8. The van der Waals surface area contributed by atoms with Crippen LogP contribution in [0.4, 0.5) is 0 Å². The average Bonchev–Trinajstić information content (AvgIpc) is 3.39. The van der Waals surface area contributed by atoms with Crippen LogP contribution in [0.3, 0.4) is 0 Å². The van der Waals surface area contributed by atoms with E-state index in [1.165, 1.54) is 29.7 Å². The Balaban J connectivity index is 0.000000576. The molecule has 3 aromatic rings. The summed E-state index contributed by atoms with van der Waals surface area (Å²) in [6.07, 6.45) is 9.50. The zero-order valence-electron chi connectivity index (χ0n) is 42.8. The molecule has 1 aliphatic rings. The van der Waals surface area contributed by atoms with Crippen LogP contribution >= 0.6 is 0 Å². The van der Waals surface area contributed by atoms with Crippen LogP contribution in [0.25, 0.3) is 0 Å². The number of aliphatic hydroxyl groups is 2. The van der Waals surface area contributed by atoms with E-state index in [0.717, 1.165) is 90.5 Å². The Hall–Kier alpha value is -2.99. The van der Waals surface area contributed by atoms with Crippen LogP contribution in [0.5, 0.6) is 0 Å². The van der Waals surface area contributed by atoms with Crippen molar-refractivity contribution in [2.75, 3.05) is 146 Å². The van der Waals surface area contributed by atoms with Gasteiger partial charge in [0.1, 0.15) is 0 Å². The topological polar surface area (TPSA) is 206 Å². The van der Waals surface area contributed by atoms with Crippen LogP contribution in [-0.4, -0.2) is 175 Å². The lowest BCUT2D eigenvalue weighted by Crippen LogP contribution is -2.22. The minimum Gasteiger partial charge on any atom is -0.400 e. The number of rotatable bonds is 41. The van der Waals surface area contributed by atoms with Crippen molar-refractivity contribution in [3.63, 3.8) is 0 Å². The molecule has 0 spiro atoms. The van der Waals surface area contributed by atoms with E-state index in [1.807, 2.05) is 55.5 Å². The zero-order chi connectivity index (χ0) is 51.4. The molecule has 1 unspecified atom stereocenters. The standard InChI is InChI=1S/C25H42O7.C20H34O6.C7H8O3S.CH4O/c1-3-9-24(10-4-1)23-30-22-21-29-20-19-28-18-17-27-16-15-26-12-6-2-7-13-31-25-11-5-8-14-32-25;21-9-5-2-6-10-22-11-12-23-13-14-24-15-16-25-17-18-26-19-20-7-3-1-4-8-20;1-6-2-4-7(5-3-6)11(8,9)10;1-2/h1,3-4,9-10,25H,2,5-8,11-23H2;1,3-4,7-8,21H,2,5-6,9-19H2;2-5H,1H3,(H,8,9,10);2H,1H3. The smallest absolute Gasteiger partial charge is 0.294 e. The molecule has 17 nitrogen and oxygen atoms in total. The Bertz CT molecular complexity index is 1620. The lowest BCUT2D eigenvalue weighted by Gasteiger charge is -2.22. The van der Waals surface area contributed by atoms with Gasteiger partial charge >= 0.3 is 0 Å². The first-order chi connectivity index (χ1) is 34.9. The summed E-state index contributed by atoms with van der Waals surface area (Å²) in [5, 5.41) is 15.6. The van der Waals surface area contributed by atoms with E-state index >= 15 is 0 Å². The molecule has 0 amide bonds. The molecule has 71 heavy (non-hydrogen) atoms. The lowest BCUT2D eigenvalue weighted by molar-refractivity contribution is -0.162. The first kappa shape index (κ1) is 66.0. The van der Waals surface area contributed by atoms with Gasteiger partial charge in [-0.2, -0.15) is 8.42 Å². The van der Waals surface area contributed by atoms with Crippen molar-refractivity contribution in [3.8, 4) is 0 Å². The third kappa shape index (κ3) is 44.2. The number of aliphatic hydroxyl groups excluding tert-OH is 2. The van der Waals surface area contributed by atoms with Crippen molar-refractivity contribution in [3.05, 3.63) is 102 Å². The van der Waals surface area contributed by atoms with Gasteiger partial charge in [0.15, 0.2) is 6.29 Å². The quantitative estimate of drug-likeness (QED) is 0.0378. The van der Waals surface area contributed by atoms with E-state index in [0.29, 0.717) is 119 Å². The molecule has 1 fully saturated rings. The molecule has 0 aliphatic carbocycles. The fourth-order valence-corrected chi connectivity index (χ4v) is 6.51. The molecule has 0 bridgehead atoms. The van der Waals surface area contributed by atoms with Crippen molar-refractivity contribution in [2.24, 2.45) is 0 Å². The molecule has 18 heteroatoms. The van der Waals surface area contributed by atoms with Gasteiger partial charge in [-0.15, -0.1) is 0 Å². The number of aryl methyl sites for hydroxylation is 1. The number of benzene rings is 3. The summed E-state index contributed by atoms with van der Waals surface area (Å²) in [5.74, 6) is 0. The van der Waals surface area contributed by atoms with Gasteiger partial charge in [0.2, 0.25) is 0 Å². The fraction of sp³-hybridized carbons (Fsp3) is 0.660. The van der Waals surface area contributed by atoms with E-state index in [-0.39, 0.29) is 17.8 Å². The molecule has 1 saturated heterocycles. The molecule has 408 valence electrons. The van der Waals surface area contributed by atoms with E-state index in [9.17, 15) is 8.42 Å². The lowest BCUT2D eigenvalue weighted by atomic mass is 10.2. The Morgan fingerprint density at radius 3 is 1.20 bits per heavy atom. The van der Waals surface area contributed by atoms with Gasteiger partial charge < -0.3 is 67.1 Å². The van der Waals surface area contributed by atoms with Crippen molar-refractivity contribution in [1.29, 1.82) is 0 Å². The number of hydrogen-bond donors (Lipinski definition) is 3. The van der Waals surface area contributed by atoms with Crippen molar-refractivity contribution in [2.45, 2.75) is 89.1 Å². The Kier molecular flexibility index (Phi) is 47.0. The molecule has 1 heterocycles. The monoisotopic (exact) mass is 1030 g/mol. The predicted molar refractivity (Wildman–Crippen MR) is 272 cm³/mol. The Morgan fingerprint density at radius 2 is 0.831 bits per heavy atom. The van der Waals surface area contributed by atoms with E-state index < -0.39 is 10.1 Å². The molecule has 0 saturated carbocycles. The van der Waals surface area contributed by atoms with E-state index in [4.69, 9.17) is 71.6 Å². The molecule has 0 aromatic heterocycles. The van der Waals surface area contributed by atoms with E-state index in [2.05, 4.69) is 12.1 Å². The molecule has 3 aromatic carbocycles. The number of ether oxygens (including phenoxy) is 12. The maximum atomic E-state index is 10.5. The minimum absolute atomic E-state index is 0.0263. The molecule has 0 radical (unpaired) electrons. The minimum atomic E-state index is -4.02. The van der Waals surface area contributed by atoms with Crippen LogP contribution in [0.1, 0.15) is 74.5 Å². The normalized spacial score (nSPS) is 13.3. The van der Waals surface area contributed by atoms with Crippen LogP contribution in [-0.2, 0) is 80.2 Å². The second kappa shape index (κ2) is 50.5. The van der Waals surface area contributed by atoms with Gasteiger partial charge in [-0.25, -0.2) is 0 Å². The third-order valence-corrected chi connectivity index (χ3v) is 10.7. The van der Waals surface area contributed by atoms with Gasteiger partial charge in [0.05, 0.1) is 124 Å². The van der Waals surface area contributed by atoms with Crippen LogP contribution < -0.4 is 0 Å². The average molecular weight is 1030 g/mol. The summed E-state index contributed by atoms with van der Waals surface area (Å²) in [6.45, 7) is 15.7. The summed E-state index contributed by atoms with van der Waals surface area (Å²) in [4.78, 5) is -0.0666. The van der Waals surface area contributed by atoms with Gasteiger partial charge in [0.25, 0.3) is 10.1 Å². The van der Waals surface area contributed by atoms with Crippen LogP contribution in [0.15, 0.2) is 89.8 Å². The second-order valence-corrected chi connectivity index (χ2v) is 17.2. The van der Waals surface area contributed by atoms with E-state index in [1.54, 1.807) is 12.1 Å². The van der Waals surface area contributed by atoms with Crippen molar-refractivity contribution < 1.29 is 80.0 Å². The zero-order valence-corrected chi connectivity index (χ0v) is 43.6. The third-order valence-electron chi connectivity index (χ3n) is 9.84.